The highest BCUT2D eigenvalue weighted by Gasteiger charge is 2.30. The average molecular weight is 366 g/mol. The molecule has 0 spiro atoms. The lowest BCUT2D eigenvalue weighted by Crippen LogP contribution is -2.50. The molecule has 0 atom stereocenters. The van der Waals surface area contributed by atoms with E-state index in [9.17, 15) is 9.59 Å². The van der Waals surface area contributed by atoms with Gasteiger partial charge in [-0.05, 0) is 31.2 Å². The lowest BCUT2D eigenvalue weighted by molar-refractivity contribution is 0.0517. The Morgan fingerprint density at radius 2 is 1.78 bits per heavy atom. The number of hydrogen-bond donors (Lipinski definition) is 0. The smallest absolute Gasteiger partial charge is 0.289 e. The Bertz CT molecular complexity index is 942. The monoisotopic (exact) mass is 366 g/mol. The van der Waals surface area contributed by atoms with Gasteiger partial charge in [-0.15, -0.1) is 0 Å². The van der Waals surface area contributed by atoms with Crippen LogP contribution in [0, 0.1) is 6.92 Å². The van der Waals surface area contributed by atoms with Gasteiger partial charge in [-0.25, -0.2) is 0 Å². The number of rotatable bonds is 3. The minimum Gasteiger partial charge on any atom is -0.459 e. The summed E-state index contributed by atoms with van der Waals surface area (Å²) in [5.74, 6) is 0.457. The van der Waals surface area contributed by atoms with Crippen molar-refractivity contribution < 1.29 is 18.5 Å². The Kier molecular flexibility index (Phi) is 4.45. The van der Waals surface area contributed by atoms with Crippen LogP contribution in [0.2, 0.25) is 0 Å². The summed E-state index contributed by atoms with van der Waals surface area (Å²) < 4.78 is 10.4. The van der Waals surface area contributed by atoms with Gasteiger partial charge in [0.1, 0.15) is 17.0 Å². The van der Waals surface area contributed by atoms with E-state index < -0.39 is 0 Å². The molecule has 0 N–H and O–H groups in total. The molecule has 0 bridgehead atoms. The molecule has 8 nitrogen and oxygen atoms in total. The Balaban J connectivity index is 1.49. The van der Waals surface area contributed by atoms with Crippen molar-refractivity contribution in [3.63, 3.8) is 0 Å². The molecule has 4 heterocycles. The molecule has 1 aliphatic rings. The maximum absolute atomic E-state index is 13.1. The molecule has 4 rings (SSSR count). The second-order valence-corrected chi connectivity index (χ2v) is 6.27. The Morgan fingerprint density at radius 3 is 2.41 bits per heavy atom. The van der Waals surface area contributed by atoms with Gasteiger partial charge in [-0.1, -0.05) is 5.16 Å². The van der Waals surface area contributed by atoms with Crippen molar-refractivity contribution in [2.75, 3.05) is 26.2 Å². The van der Waals surface area contributed by atoms with Gasteiger partial charge in [0.05, 0.1) is 6.26 Å². The molecule has 1 fully saturated rings. The van der Waals surface area contributed by atoms with E-state index in [4.69, 9.17) is 8.94 Å². The molecular weight excluding hydrogens is 348 g/mol. The maximum atomic E-state index is 13.1. The van der Waals surface area contributed by atoms with Crippen molar-refractivity contribution in [2.24, 2.45) is 0 Å². The van der Waals surface area contributed by atoms with Crippen LogP contribution in [0.5, 0.6) is 0 Å². The third-order valence-corrected chi connectivity index (χ3v) is 4.60. The molecule has 0 saturated carbocycles. The number of carbonyl (C=O) groups excluding carboxylic acids is 2. The zero-order chi connectivity index (χ0) is 18.8. The summed E-state index contributed by atoms with van der Waals surface area (Å²) in [6.45, 7) is 3.47. The Morgan fingerprint density at radius 1 is 1.04 bits per heavy atom. The maximum Gasteiger partial charge on any atom is 0.289 e. The standard InChI is InChI=1S/C19H18N4O4/c1-13-16(17(21-27-13)14-4-2-6-20-12-14)19(25)23-9-7-22(8-10-23)18(24)15-5-3-11-26-15/h2-6,11-12H,7-10H2,1H3. The first-order valence-corrected chi connectivity index (χ1v) is 8.64. The zero-order valence-electron chi connectivity index (χ0n) is 14.8. The lowest BCUT2D eigenvalue weighted by atomic mass is 10.1. The number of hydrogen-bond acceptors (Lipinski definition) is 6. The lowest BCUT2D eigenvalue weighted by Gasteiger charge is -2.34. The largest absolute Gasteiger partial charge is 0.459 e. The first-order chi connectivity index (χ1) is 13.1. The van der Waals surface area contributed by atoms with Crippen LogP contribution in [0.25, 0.3) is 11.3 Å². The highest BCUT2D eigenvalue weighted by molar-refractivity contribution is 6.01. The van der Waals surface area contributed by atoms with Crippen LogP contribution >= 0.6 is 0 Å². The van der Waals surface area contributed by atoms with Gasteiger partial charge in [0, 0.05) is 44.1 Å². The van der Waals surface area contributed by atoms with Crippen molar-refractivity contribution in [2.45, 2.75) is 6.92 Å². The number of nitrogens with zero attached hydrogens (tertiary/aromatic N) is 4. The molecule has 0 aliphatic carbocycles. The Hall–Kier alpha value is -3.42. The molecule has 3 aromatic heterocycles. The van der Waals surface area contributed by atoms with Crippen molar-refractivity contribution in [1.82, 2.24) is 19.9 Å². The number of amides is 2. The minimum atomic E-state index is -0.163. The van der Waals surface area contributed by atoms with Crippen LogP contribution in [-0.4, -0.2) is 57.9 Å². The highest BCUT2D eigenvalue weighted by Crippen LogP contribution is 2.26. The van der Waals surface area contributed by atoms with E-state index in [0.29, 0.717) is 49.0 Å². The minimum absolute atomic E-state index is 0.155. The second-order valence-electron chi connectivity index (χ2n) is 6.27. The topological polar surface area (TPSA) is 92.7 Å². The summed E-state index contributed by atoms with van der Waals surface area (Å²) in [6.07, 6.45) is 4.78. The van der Waals surface area contributed by atoms with Crippen molar-refractivity contribution in [1.29, 1.82) is 0 Å². The quantitative estimate of drug-likeness (QED) is 0.706. The number of piperazine rings is 1. The number of aromatic nitrogens is 2. The second kappa shape index (κ2) is 7.06. The van der Waals surface area contributed by atoms with Gasteiger partial charge < -0.3 is 18.7 Å². The van der Waals surface area contributed by atoms with Gasteiger partial charge in [0.15, 0.2) is 5.76 Å². The molecule has 1 aliphatic heterocycles. The molecule has 0 aromatic carbocycles. The predicted octanol–water partition coefficient (Wildman–Crippen LogP) is 2.24. The third kappa shape index (κ3) is 3.21. The molecular formula is C19H18N4O4. The normalized spacial score (nSPS) is 14.4. The van der Waals surface area contributed by atoms with Gasteiger partial charge in [0.25, 0.3) is 11.8 Å². The first-order valence-electron chi connectivity index (χ1n) is 8.64. The number of aryl methyl sites for hydroxylation is 1. The molecule has 1 saturated heterocycles. The fourth-order valence-corrected chi connectivity index (χ4v) is 3.15. The molecule has 2 amide bonds. The summed E-state index contributed by atoms with van der Waals surface area (Å²) in [6, 6.07) is 6.94. The highest BCUT2D eigenvalue weighted by atomic mass is 16.5. The van der Waals surface area contributed by atoms with Crippen molar-refractivity contribution in [3.05, 3.63) is 60.0 Å². The number of furan rings is 1. The number of pyridine rings is 1. The van der Waals surface area contributed by atoms with Gasteiger partial charge >= 0.3 is 0 Å². The summed E-state index contributed by atoms with van der Waals surface area (Å²) in [4.78, 5) is 32.9. The van der Waals surface area contributed by atoms with Gasteiger partial charge in [0.2, 0.25) is 0 Å². The van der Waals surface area contributed by atoms with Crippen LogP contribution in [0.4, 0.5) is 0 Å². The predicted molar refractivity (Wildman–Crippen MR) is 95.0 cm³/mol. The summed E-state index contributed by atoms with van der Waals surface area (Å²) in [7, 11) is 0. The summed E-state index contributed by atoms with van der Waals surface area (Å²) in [5, 5.41) is 4.04. The Labute approximate surface area is 155 Å². The summed E-state index contributed by atoms with van der Waals surface area (Å²) in [5.41, 5.74) is 1.65. The van der Waals surface area contributed by atoms with Crippen molar-refractivity contribution in [3.8, 4) is 11.3 Å². The molecule has 138 valence electrons. The number of carbonyl (C=O) groups is 2. The van der Waals surface area contributed by atoms with Crippen molar-refractivity contribution >= 4 is 11.8 Å². The van der Waals surface area contributed by atoms with Crippen LogP contribution in [-0.2, 0) is 0 Å². The molecule has 0 unspecified atom stereocenters. The van der Waals surface area contributed by atoms with Crippen LogP contribution < -0.4 is 0 Å². The first kappa shape index (κ1) is 17.0. The average Bonchev–Trinajstić information content (AvgIpc) is 3.38. The van der Waals surface area contributed by atoms with E-state index >= 15 is 0 Å². The van der Waals surface area contributed by atoms with Crippen LogP contribution in [0.3, 0.4) is 0 Å². The van der Waals surface area contributed by atoms with Crippen LogP contribution in [0.1, 0.15) is 26.7 Å². The van der Waals surface area contributed by atoms with E-state index in [1.807, 2.05) is 6.07 Å². The van der Waals surface area contributed by atoms with Gasteiger partial charge in [-0.3, -0.25) is 14.6 Å². The fraction of sp³-hybridized carbons (Fsp3) is 0.263. The molecule has 27 heavy (non-hydrogen) atoms. The SMILES string of the molecule is Cc1onc(-c2cccnc2)c1C(=O)N1CCN(C(=O)c2ccco2)CC1. The van der Waals surface area contributed by atoms with E-state index in [2.05, 4.69) is 10.1 Å². The fourth-order valence-electron chi connectivity index (χ4n) is 3.15. The zero-order valence-corrected chi connectivity index (χ0v) is 14.8. The molecule has 8 heteroatoms. The third-order valence-electron chi connectivity index (χ3n) is 4.60. The van der Waals surface area contributed by atoms with Gasteiger partial charge in [-0.2, -0.15) is 0 Å². The van der Waals surface area contributed by atoms with E-state index in [1.54, 1.807) is 47.3 Å². The molecule has 3 aromatic rings. The van der Waals surface area contributed by atoms with E-state index in [0.717, 1.165) is 5.56 Å². The molecule has 0 radical (unpaired) electrons. The summed E-state index contributed by atoms with van der Waals surface area (Å²) >= 11 is 0. The van der Waals surface area contributed by atoms with E-state index in [-0.39, 0.29) is 11.8 Å². The van der Waals surface area contributed by atoms with E-state index in [1.165, 1.54) is 6.26 Å². The van der Waals surface area contributed by atoms with Crippen LogP contribution in [0.15, 0.2) is 51.9 Å².